The molecule has 7 aromatic carbocycles. The molecule has 0 unspecified atom stereocenters. The fourth-order valence-electron chi connectivity index (χ4n) is 6.73. The van der Waals surface area contributed by atoms with Crippen molar-refractivity contribution >= 4 is 44.9 Å². The van der Waals surface area contributed by atoms with Gasteiger partial charge in [-0.25, -0.2) is 0 Å². The van der Waals surface area contributed by atoms with Gasteiger partial charge in [-0.05, 0) is 95.4 Å². The van der Waals surface area contributed by atoms with Crippen LogP contribution in [0.1, 0.15) is 12.5 Å². The molecule has 0 aliphatic carbocycles. The first-order chi connectivity index (χ1) is 23.3. The number of para-hydroxylation sites is 3. The number of aromatic nitrogens is 1. The van der Waals surface area contributed by atoms with Crippen molar-refractivity contribution < 1.29 is 0 Å². The molecule has 0 atom stereocenters. The minimum atomic E-state index is 1.12. The van der Waals surface area contributed by atoms with Crippen LogP contribution in [0.25, 0.3) is 55.8 Å². The fourth-order valence-corrected chi connectivity index (χ4v) is 6.73. The van der Waals surface area contributed by atoms with Gasteiger partial charge in [-0.1, -0.05) is 127 Å². The van der Waals surface area contributed by atoms with E-state index in [9.17, 15) is 0 Å². The van der Waals surface area contributed by atoms with Crippen molar-refractivity contribution in [2.45, 2.75) is 6.92 Å². The predicted molar refractivity (Wildman–Crippen MR) is 201 cm³/mol. The first kappa shape index (κ1) is 28.4. The van der Waals surface area contributed by atoms with E-state index in [0.29, 0.717) is 0 Å². The molecule has 2 heteroatoms. The first-order valence-electron chi connectivity index (χ1n) is 16.1. The van der Waals surface area contributed by atoms with E-state index in [2.05, 4.69) is 204 Å². The molecular weight excluding hydrogens is 569 g/mol. The van der Waals surface area contributed by atoms with Crippen molar-refractivity contribution in [3.8, 4) is 27.9 Å². The number of nitrogens with zero attached hydrogens (tertiary/aromatic N) is 2. The highest BCUT2D eigenvalue weighted by Crippen LogP contribution is 2.40. The molecule has 0 amide bonds. The van der Waals surface area contributed by atoms with Crippen LogP contribution < -0.4 is 4.90 Å². The van der Waals surface area contributed by atoms with E-state index in [1.54, 1.807) is 0 Å². The highest BCUT2D eigenvalue weighted by Gasteiger charge is 2.16. The van der Waals surface area contributed by atoms with Crippen molar-refractivity contribution in [2.75, 3.05) is 4.90 Å². The highest BCUT2D eigenvalue weighted by molar-refractivity contribution is 6.11. The van der Waals surface area contributed by atoms with Crippen molar-refractivity contribution in [1.29, 1.82) is 0 Å². The van der Waals surface area contributed by atoms with Crippen LogP contribution in [0.4, 0.5) is 17.1 Å². The Morgan fingerprint density at radius 1 is 0.447 bits per heavy atom. The minimum Gasteiger partial charge on any atom is -0.311 e. The van der Waals surface area contributed by atoms with Gasteiger partial charge in [-0.3, -0.25) is 0 Å². The molecule has 224 valence electrons. The molecule has 0 spiro atoms. The summed E-state index contributed by atoms with van der Waals surface area (Å²) in [5.41, 5.74) is 13.0. The van der Waals surface area contributed by atoms with Gasteiger partial charge >= 0.3 is 0 Å². The van der Waals surface area contributed by atoms with Crippen LogP contribution in [0.15, 0.2) is 182 Å². The lowest BCUT2D eigenvalue weighted by atomic mass is 9.93. The maximum absolute atomic E-state index is 2.40. The molecule has 0 N–H and O–H groups in total. The number of fused-ring (bicyclic) bond motifs is 3. The summed E-state index contributed by atoms with van der Waals surface area (Å²) >= 11 is 0. The van der Waals surface area contributed by atoms with Crippen molar-refractivity contribution in [3.05, 3.63) is 188 Å². The normalized spacial score (nSPS) is 11.4. The quantitative estimate of drug-likeness (QED) is 0.176. The standard InChI is InChI=1S/C45H34N2/c1-2-14-33-23-29-42-43-30-26-35(32-45(43)47(44(42)31-33)38-19-10-5-11-20-38)41-22-13-12-21-40(41)34-24-27-39(28-25-34)46(36-15-6-3-7-16-36)37-17-8-4-9-18-37/h2-32H,1H3/b14-2+. The van der Waals surface area contributed by atoms with Gasteiger partial charge < -0.3 is 9.47 Å². The Hall–Kier alpha value is -6.12. The van der Waals surface area contributed by atoms with E-state index in [1.807, 2.05) is 0 Å². The van der Waals surface area contributed by atoms with E-state index < -0.39 is 0 Å². The predicted octanol–water partition coefficient (Wildman–Crippen LogP) is 12.6. The van der Waals surface area contributed by atoms with E-state index in [4.69, 9.17) is 0 Å². The third kappa shape index (κ3) is 5.30. The lowest BCUT2D eigenvalue weighted by molar-refractivity contribution is 1.18. The van der Waals surface area contributed by atoms with Crippen LogP contribution in [0.5, 0.6) is 0 Å². The summed E-state index contributed by atoms with van der Waals surface area (Å²) in [7, 11) is 0. The SMILES string of the molecule is C/C=C/c1ccc2c3ccc(-c4ccccc4-c4ccc(N(c5ccccc5)c5ccccc5)cc4)cc3n(-c3ccccc3)c2c1. The third-order valence-corrected chi connectivity index (χ3v) is 8.87. The molecule has 0 radical (unpaired) electrons. The number of allylic oxidation sites excluding steroid dienone is 1. The molecule has 0 saturated heterocycles. The van der Waals surface area contributed by atoms with Crippen molar-refractivity contribution in [1.82, 2.24) is 4.57 Å². The third-order valence-electron chi connectivity index (χ3n) is 8.87. The Kier molecular flexibility index (Phi) is 7.45. The largest absolute Gasteiger partial charge is 0.311 e. The maximum atomic E-state index is 2.40. The smallest absolute Gasteiger partial charge is 0.0547 e. The average Bonchev–Trinajstić information content (AvgIpc) is 3.46. The molecule has 8 aromatic rings. The van der Waals surface area contributed by atoms with Crippen LogP contribution in [0, 0.1) is 0 Å². The van der Waals surface area contributed by atoms with Gasteiger partial charge in [0.15, 0.2) is 0 Å². The fraction of sp³-hybridized carbons (Fsp3) is 0.0222. The van der Waals surface area contributed by atoms with E-state index in [1.165, 1.54) is 49.6 Å². The Morgan fingerprint density at radius 2 is 0.936 bits per heavy atom. The zero-order valence-corrected chi connectivity index (χ0v) is 26.3. The summed E-state index contributed by atoms with van der Waals surface area (Å²) in [6.45, 7) is 2.07. The Bertz CT molecular complexity index is 2290. The van der Waals surface area contributed by atoms with Crippen molar-refractivity contribution in [2.24, 2.45) is 0 Å². The lowest BCUT2D eigenvalue weighted by Gasteiger charge is -2.25. The summed E-state index contributed by atoms with van der Waals surface area (Å²) in [4.78, 5) is 2.30. The van der Waals surface area contributed by atoms with Crippen LogP contribution >= 0.6 is 0 Å². The molecule has 0 aliphatic heterocycles. The summed E-state index contributed by atoms with van der Waals surface area (Å²) in [6.07, 6.45) is 4.26. The van der Waals surface area contributed by atoms with Crippen molar-refractivity contribution in [3.63, 3.8) is 0 Å². The lowest BCUT2D eigenvalue weighted by Crippen LogP contribution is -2.09. The zero-order chi connectivity index (χ0) is 31.6. The second kappa shape index (κ2) is 12.3. The molecule has 0 fully saturated rings. The van der Waals surface area contributed by atoms with Gasteiger partial charge in [-0.2, -0.15) is 0 Å². The van der Waals surface area contributed by atoms with E-state index in [0.717, 1.165) is 22.7 Å². The molecule has 8 rings (SSSR count). The number of benzene rings is 7. The molecule has 1 heterocycles. The Morgan fingerprint density at radius 3 is 1.55 bits per heavy atom. The van der Waals surface area contributed by atoms with E-state index in [-0.39, 0.29) is 0 Å². The summed E-state index contributed by atoms with van der Waals surface area (Å²) in [5, 5.41) is 2.51. The number of hydrogen-bond donors (Lipinski definition) is 0. The van der Waals surface area contributed by atoms with Crippen LogP contribution in [0.2, 0.25) is 0 Å². The number of hydrogen-bond acceptors (Lipinski definition) is 1. The second-order valence-electron chi connectivity index (χ2n) is 11.8. The van der Waals surface area contributed by atoms with Crippen LogP contribution in [-0.2, 0) is 0 Å². The molecule has 0 bridgehead atoms. The molecule has 1 aromatic heterocycles. The maximum Gasteiger partial charge on any atom is 0.0547 e. The summed E-state index contributed by atoms with van der Waals surface area (Å²) in [6, 6.07) is 63.2. The second-order valence-corrected chi connectivity index (χ2v) is 11.8. The van der Waals surface area contributed by atoms with Crippen LogP contribution in [0.3, 0.4) is 0 Å². The minimum absolute atomic E-state index is 1.12. The number of rotatable bonds is 7. The van der Waals surface area contributed by atoms with Crippen LogP contribution in [-0.4, -0.2) is 4.57 Å². The van der Waals surface area contributed by atoms with Gasteiger partial charge in [0, 0.05) is 33.5 Å². The highest BCUT2D eigenvalue weighted by atomic mass is 15.1. The van der Waals surface area contributed by atoms with Gasteiger partial charge in [0.1, 0.15) is 0 Å². The van der Waals surface area contributed by atoms with Gasteiger partial charge in [0.25, 0.3) is 0 Å². The average molecular weight is 603 g/mol. The number of anilines is 3. The summed E-state index contributed by atoms with van der Waals surface area (Å²) in [5.74, 6) is 0. The van der Waals surface area contributed by atoms with Gasteiger partial charge in [0.05, 0.1) is 11.0 Å². The Balaban J connectivity index is 1.24. The van der Waals surface area contributed by atoms with E-state index >= 15 is 0 Å². The van der Waals surface area contributed by atoms with Gasteiger partial charge in [0.2, 0.25) is 0 Å². The zero-order valence-electron chi connectivity index (χ0n) is 26.3. The molecule has 2 nitrogen and oxygen atoms in total. The van der Waals surface area contributed by atoms with Gasteiger partial charge in [-0.15, -0.1) is 0 Å². The topological polar surface area (TPSA) is 8.17 Å². The summed E-state index contributed by atoms with van der Waals surface area (Å²) < 4.78 is 2.40. The molecule has 0 aliphatic rings. The monoisotopic (exact) mass is 602 g/mol. The first-order valence-corrected chi connectivity index (χ1v) is 16.1. The molecular formula is C45H34N2. The Labute approximate surface area is 276 Å². The molecule has 0 saturated carbocycles. The molecule has 47 heavy (non-hydrogen) atoms.